The molecule has 0 saturated carbocycles. The summed E-state index contributed by atoms with van der Waals surface area (Å²) in [6.45, 7) is 4.00. The smallest absolute Gasteiger partial charge is 0.0672 e. The summed E-state index contributed by atoms with van der Waals surface area (Å²) < 4.78 is 0. The van der Waals surface area contributed by atoms with Gasteiger partial charge in [-0.3, -0.25) is 5.84 Å². The van der Waals surface area contributed by atoms with Crippen molar-refractivity contribution in [1.29, 1.82) is 0 Å². The number of benzene rings is 1. The summed E-state index contributed by atoms with van der Waals surface area (Å²) in [5.74, 6) is 5.12. The highest BCUT2D eigenvalue weighted by Crippen LogP contribution is 2.23. The molecule has 0 aliphatic rings. The predicted octanol–water partition coefficient (Wildman–Crippen LogP) is 3.31. The van der Waals surface area contributed by atoms with Crippen molar-refractivity contribution < 1.29 is 0 Å². The Bertz CT molecular complexity index is 238. The van der Waals surface area contributed by atoms with E-state index in [0.29, 0.717) is 15.7 Å². The summed E-state index contributed by atoms with van der Waals surface area (Å²) in [5, 5.41) is 1.12. The highest BCUT2D eigenvalue weighted by molar-refractivity contribution is 6.36. The van der Waals surface area contributed by atoms with E-state index in [4.69, 9.17) is 29.0 Å². The molecule has 0 saturated heterocycles. The van der Waals surface area contributed by atoms with Crippen molar-refractivity contribution in [3.63, 3.8) is 0 Å². The van der Waals surface area contributed by atoms with E-state index in [2.05, 4.69) is 5.43 Å². The van der Waals surface area contributed by atoms with Crippen LogP contribution in [0.25, 0.3) is 0 Å². The third-order valence-electron chi connectivity index (χ3n) is 1.09. The van der Waals surface area contributed by atoms with E-state index in [0.717, 1.165) is 0 Å². The van der Waals surface area contributed by atoms with Gasteiger partial charge < -0.3 is 5.43 Å². The number of hydrazine groups is 1. The van der Waals surface area contributed by atoms with Gasteiger partial charge in [0.15, 0.2) is 0 Å². The summed E-state index contributed by atoms with van der Waals surface area (Å²) >= 11 is 11.3. The Kier molecular flexibility index (Phi) is 5.89. The second-order valence-electron chi connectivity index (χ2n) is 1.77. The van der Waals surface area contributed by atoms with E-state index >= 15 is 0 Å². The largest absolute Gasteiger partial charge is 0.323 e. The average Bonchev–Trinajstić information content (AvgIpc) is 2.08. The van der Waals surface area contributed by atoms with Gasteiger partial charge in [-0.25, -0.2) is 0 Å². The number of halogens is 2. The van der Waals surface area contributed by atoms with Crippen LogP contribution in [0.3, 0.4) is 0 Å². The molecule has 0 amide bonds. The molecule has 0 spiro atoms. The Labute approximate surface area is 82.6 Å². The highest BCUT2D eigenvalue weighted by Gasteiger charge is 1.96. The lowest BCUT2D eigenvalue weighted by atomic mass is 10.3. The Balaban J connectivity index is 0.000000561. The topological polar surface area (TPSA) is 38.0 Å². The van der Waals surface area contributed by atoms with Gasteiger partial charge in [0.1, 0.15) is 0 Å². The summed E-state index contributed by atoms with van der Waals surface area (Å²) in [6, 6.07) is 5.05. The molecule has 1 aromatic rings. The molecule has 68 valence electrons. The molecule has 3 N–H and O–H groups in total. The van der Waals surface area contributed by atoms with Crippen LogP contribution in [-0.2, 0) is 0 Å². The van der Waals surface area contributed by atoms with E-state index in [9.17, 15) is 0 Å². The van der Waals surface area contributed by atoms with Crippen molar-refractivity contribution in [1.82, 2.24) is 0 Å². The molecular formula is C8H12Cl2N2. The van der Waals surface area contributed by atoms with E-state index in [1.54, 1.807) is 18.2 Å². The average molecular weight is 207 g/mol. The standard InChI is InChI=1S/C6H6Cl2N2.C2H6/c7-4-1-2-6(10-9)5(8)3-4;1-2/h1-3,10H,9H2;1-2H3. The minimum atomic E-state index is 0.523. The summed E-state index contributed by atoms with van der Waals surface area (Å²) in [4.78, 5) is 0. The molecule has 0 aliphatic heterocycles. The number of anilines is 1. The zero-order valence-electron chi connectivity index (χ0n) is 7.07. The van der Waals surface area contributed by atoms with Gasteiger partial charge in [0.2, 0.25) is 0 Å². The summed E-state index contributed by atoms with van der Waals surface area (Å²) in [6.07, 6.45) is 0. The van der Waals surface area contributed by atoms with Crippen molar-refractivity contribution in [2.24, 2.45) is 5.84 Å². The van der Waals surface area contributed by atoms with Gasteiger partial charge in [-0.1, -0.05) is 37.0 Å². The van der Waals surface area contributed by atoms with Gasteiger partial charge in [0.05, 0.1) is 10.7 Å². The molecule has 4 heteroatoms. The predicted molar refractivity (Wildman–Crippen MR) is 55.6 cm³/mol. The van der Waals surface area contributed by atoms with Crippen molar-refractivity contribution >= 4 is 28.9 Å². The van der Waals surface area contributed by atoms with Crippen LogP contribution in [0.1, 0.15) is 13.8 Å². The van der Waals surface area contributed by atoms with Crippen LogP contribution in [0.2, 0.25) is 10.0 Å². The minimum Gasteiger partial charge on any atom is -0.323 e. The van der Waals surface area contributed by atoms with Crippen molar-refractivity contribution in [2.75, 3.05) is 5.43 Å². The zero-order chi connectivity index (χ0) is 9.56. The molecular weight excluding hydrogens is 195 g/mol. The quantitative estimate of drug-likeness (QED) is 0.547. The van der Waals surface area contributed by atoms with Gasteiger partial charge in [0.25, 0.3) is 0 Å². The van der Waals surface area contributed by atoms with Gasteiger partial charge in [-0.05, 0) is 18.2 Å². The molecule has 0 aliphatic carbocycles. The van der Waals surface area contributed by atoms with Crippen LogP contribution in [0.4, 0.5) is 5.69 Å². The first-order valence-electron chi connectivity index (χ1n) is 3.65. The van der Waals surface area contributed by atoms with Crippen molar-refractivity contribution in [3.05, 3.63) is 28.2 Å². The third kappa shape index (κ3) is 3.30. The normalized spacial score (nSPS) is 8.42. The summed E-state index contributed by atoms with van der Waals surface area (Å²) in [7, 11) is 0. The first-order valence-corrected chi connectivity index (χ1v) is 4.41. The van der Waals surface area contributed by atoms with E-state index < -0.39 is 0 Å². The monoisotopic (exact) mass is 206 g/mol. The van der Waals surface area contributed by atoms with E-state index in [1.807, 2.05) is 13.8 Å². The molecule has 0 heterocycles. The fraction of sp³-hybridized carbons (Fsp3) is 0.250. The summed E-state index contributed by atoms with van der Waals surface area (Å²) in [5.41, 5.74) is 3.10. The Morgan fingerprint density at radius 3 is 2.25 bits per heavy atom. The van der Waals surface area contributed by atoms with Crippen LogP contribution in [-0.4, -0.2) is 0 Å². The fourth-order valence-corrected chi connectivity index (χ4v) is 1.07. The maximum atomic E-state index is 5.70. The van der Waals surface area contributed by atoms with Crippen LogP contribution in [0, 0.1) is 0 Å². The maximum absolute atomic E-state index is 5.70. The number of nitrogen functional groups attached to an aromatic ring is 1. The molecule has 12 heavy (non-hydrogen) atoms. The van der Waals surface area contributed by atoms with Gasteiger partial charge in [-0.15, -0.1) is 0 Å². The molecule has 0 fully saturated rings. The second-order valence-corrected chi connectivity index (χ2v) is 2.61. The molecule has 1 aromatic carbocycles. The molecule has 0 aromatic heterocycles. The molecule has 0 unspecified atom stereocenters. The van der Waals surface area contributed by atoms with E-state index in [-0.39, 0.29) is 0 Å². The van der Waals surface area contributed by atoms with Crippen LogP contribution >= 0.6 is 23.2 Å². The van der Waals surface area contributed by atoms with Gasteiger partial charge in [0, 0.05) is 5.02 Å². The highest BCUT2D eigenvalue weighted by atomic mass is 35.5. The Hall–Kier alpha value is -0.440. The Morgan fingerprint density at radius 2 is 1.83 bits per heavy atom. The Morgan fingerprint density at radius 1 is 1.25 bits per heavy atom. The molecule has 0 atom stereocenters. The van der Waals surface area contributed by atoms with E-state index in [1.165, 1.54) is 0 Å². The lowest BCUT2D eigenvalue weighted by molar-refractivity contribution is 1.35. The number of hydrogen-bond acceptors (Lipinski definition) is 2. The van der Waals surface area contributed by atoms with Gasteiger partial charge in [-0.2, -0.15) is 0 Å². The lowest BCUT2D eigenvalue weighted by Gasteiger charge is -2.01. The molecule has 2 nitrogen and oxygen atoms in total. The van der Waals surface area contributed by atoms with Crippen LogP contribution in [0.5, 0.6) is 0 Å². The number of nitrogens with two attached hydrogens (primary N) is 1. The number of rotatable bonds is 1. The first kappa shape index (κ1) is 11.6. The minimum absolute atomic E-state index is 0.523. The third-order valence-corrected chi connectivity index (χ3v) is 1.63. The van der Waals surface area contributed by atoms with Gasteiger partial charge >= 0.3 is 0 Å². The first-order chi connectivity index (χ1) is 5.74. The number of hydrogen-bond donors (Lipinski definition) is 2. The molecule has 0 radical (unpaired) electrons. The second kappa shape index (κ2) is 6.12. The SMILES string of the molecule is CC.NNc1ccc(Cl)cc1Cl. The van der Waals surface area contributed by atoms with Crippen LogP contribution in [0.15, 0.2) is 18.2 Å². The van der Waals surface area contributed by atoms with Crippen molar-refractivity contribution in [2.45, 2.75) is 13.8 Å². The molecule has 1 rings (SSSR count). The zero-order valence-corrected chi connectivity index (χ0v) is 8.58. The molecule has 0 bridgehead atoms. The lowest BCUT2D eigenvalue weighted by Crippen LogP contribution is -2.06. The maximum Gasteiger partial charge on any atom is 0.0672 e. The van der Waals surface area contributed by atoms with Crippen molar-refractivity contribution in [3.8, 4) is 0 Å². The number of nitrogens with one attached hydrogen (secondary N) is 1. The van der Waals surface area contributed by atoms with Crippen LogP contribution < -0.4 is 11.3 Å². The fourth-order valence-electron chi connectivity index (χ4n) is 0.607.